The van der Waals surface area contributed by atoms with Crippen molar-refractivity contribution in [3.63, 3.8) is 0 Å². The van der Waals surface area contributed by atoms with E-state index in [9.17, 15) is 9.59 Å². The Morgan fingerprint density at radius 2 is 1.71 bits per heavy atom. The molecule has 4 heteroatoms. The smallest absolute Gasteiger partial charge is 0.307 e. The Balaban J connectivity index is 3.71. The summed E-state index contributed by atoms with van der Waals surface area (Å²) in [6, 6.07) is 0. The minimum Gasteiger partial charge on any atom is -0.481 e. The maximum Gasteiger partial charge on any atom is 0.307 e. The van der Waals surface area contributed by atoms with Gasteiger partial charge < -0.3 is 9.84 Å². The van der Waals surface area contributed by atoms with Gasteiger partial charge in [0.1, 0.15) is 0 Å². The summed E-state index contributed by atoms with van der Waals surface area (Å²) in [6.45, 7) is 2.16. The Bertz CT molecular complexity index is 225. The largest absolute Gasteiger partial charge is 0.481 e. The van der Waals surface area contributed by atoms with E-state index in [1.54, 1.807) is 0 Å². The Morgan fingerprint density at radius 1 is 1.12 bits per heavy atom. The van der Waals surface area contributed by atoms with E-state index in [4.69, 9.17) is 5.11 Å². The van der Waals surface area contributed by atoms with Gasteiger partial charge in [0.15, 0.2) is 0 Å². The molecule has 0 spiro atoms. The average Bonchev–Trinajstić information content (AvgIpc) is 2.31. The van der Waals surface area contributed by atoms with E-state index in [0.29, 0.717) is 6.42 Å². The van der Waals surface area contributed by atoms with Crippen LogP contribution in [0.1, 0.15) is 58.3 Å². The van der Waals surface area contributed by atoms with Crippen molar-refractivity contribution in [1.82, 2.24) is 0 Å². The molecule has 0 aromatic carbocycles. The molecule has 0 fully saturated rings. The van der Waals surface area contributed by atoms with Crippen LogP contribution in [0.3, 0.4) is 0 Å². The third-order valence-corrected chi connectivity index (χ3v) is 2.90. The van der Waals surface area contributed by atoms with Gasteiger partial charge in [0.05, 0.1) is 19.4 Å². The second-order valence-electron chi connectivity index (χ2n) is 4.37. The highest BCUT2D eigenvalue weighted by Crippen LogP contribution is 2.16. The zero-order chi connectivity index (χ0) is 13.1. The monoisotopic (exact) mass is 244 g/mol. The number of carbonyl (C=O) groups is 2. The first-order valence-electron chi connectivity index (χ1n) is 6.41. The fraction of sp³-hybridized carbons (Fsp3) is 0.846. The van der Waals surface area contributed by atoms with Gasteiger partial charge in [-0.2, -0.15) is 0 Å². The first kappa shape index (κ1) is 15.9. The van der Waals surface area contributed by atoms with E-state index < -0.39 is 17.9 Å². The number of carboxylic acid groups (broad SMARTS) is 1. The highest BCUT2D eigenvalue weighted by Gasteiger charge is 2.20. The summed E-state index contributed by atoms with van der Waals surface area (Å²) in [6.07, 6.45) is 7.29. The lowest BCUT2D eigenvalue weighted by Crippen LogP contribution is -2.18. The van der Waals surface area contributed by atoms with Crippen LogP contribution in [-0.4, -0.2) is 24.2 Å². The maximum atomic E-state index is 11.0. The first-order valence-corrected chi connectivity index (χ1v) is 6.41. The third kappa shape index (κ3) is 8.72. The maximum absolute atomic E-state index is 11.0. The SMILES string of the molecule is CCCCCCCCC(CC(=O)OC)C(=O)O. The minimum atomic E-state index is -0.899. The first-order chi connectivity index (χ1) is 8.11. The van der Waals surface area contributed by atoms with Crippen molar-refractivity contribution in [2.45, 2.75) is 58.3 Å². The number of hydrogen-bond acceptors (Lipinski definition) is 3. The Labute approximate surface area is 103 Å². The van der Waals surface area contributed by atoms with E-state index in [1.165, 1.54) is 26.4 Å². The molecule has 4 nitrogen and oxygen atoms in total. The normalized spacial score (nSPS) is 12.1. The van der Waals surface area contributed by atoms with Crippen LogP contribution in [0.15, 0.2) is 0 Å². The second kappa shape index (κ2) is 10.1. The van der Waals surface area contributed by atoms with Crippen molar-refractivity contribution < 1.29 is 19.4 Å². The molecule has 0 bridgehead atoms. The van der Waals surface area contributed by atoms with Crippen molar-refractivity contribution in [1.29, 1.82) is 0 Å². The van der Waals surface area contributed by atoms with E-state index in [1.807, 2.05) is 0 Å². The van der Waals surface area contributed by atoms with Crippen LogP contribution < -0.4 is 0 Å². The summed E-state index contributed by atoms with van der Waals surface area (Å²) < 4.78 is 4.49. The van der Waals surface area contributed by atoms with Gasteiger partial charge in [0.2, 0.25) is 0 Å². The zero-order valence-corrected chi connectivity index (χ0v) is 10.9. The van der Waals surface area contributed by atoms with Crippen LogP contribution in [-0.2, 0) is 14.3 Å². The highest BCUT2D eigenvalue weighted by molar-refractivity contribution is 5.78. The van der Waals surface area contributed by atoms with Crippen molar-refractivity contribution in [3.8, 4) is 0 Å². The molecule has 0 aromatic heterocycles. The van der Waals surface area contributed by atoms with Crippen LogP contribution in [0.4, 0.5) is 0 Å². The predicted octanol–water partition coefficient (Wildman–Crippen LogP) is 3.00. The summed E-state index contributed by atoms with van der Waals surface area (Å²) in [7, 11) is 1.28. The molecule has 1 atom stereocenters. The van der Waals surface area contributed by atoms with Crippen molar-refractivity contribution in [3.05, 3.63) is 0 Å². The molecule has 17 heavy (non-hydrogen) atoms. The van der Waals surface area contributed by atoms with Gasteiger partial charge in [-0.3, -0.25) is 9.59 Å². The van der Waals surface area contributed by atoms with Crippen molar-refractivity contribution >= 4 is 11.9 Å². The van der Waals surface area contributed by atoms with Gasteiger partial charge in [-0.15, -0.1) is 0 Å². The van der Waals surface area contributed by atoms with Crippen LogP contribution in [0, 0.1) is 5.92 Å². The summed E-state index contributed by atoms with van der Waals surface area (Å²) in [5, 5.41) is 8.95. The van der Waals surface area contributed by atoms with Gasteiger partial charge in [-0.1, -0.05) is 45.4 Å². The summed E-state index contributed by atoms with van der Waals surface area (Å²) in [5.74, 6) is -1.93. The Morgan fingerprint density at radius 3 is 2.24 bits per heavy atom. The highest BCUT2D eigenvalue weighted by atomic mass is 16.5. The number of unbranched alkanes of at least 4 members (excludes halogenated alkanes) is 5. The molecule has 0 heterocycles. The van der Waals surface area contributed by atoms with Crippen LogP contribution in [0.25, 0.3) is 0 Å². The number of carbonyl (C=O) groups excluding carboxylic acids is 1. The van der Waals surface area contributed by atoms with Gasteiger partial charge in [-0.25, -0.2) is 0 Å². The lowest BCUT2D eigenvalue weighted by molar-refractivity contribution is -0.150. The standard InChI is InChI=1S/C13H24O4/c1-3-4-5-6-7-8-9-11(13(15)16)10-12(14)17-2/h11H,3-10H2,1-2H3,(H,15,16). The van der Waals surface area contributed by atoms with E-state index in [2.05, 4.69) is 11.7 Å². The number of esters is 1. The zero-order valence-electron chi connectivity index (χ0n) is 10.9. The number of carboxylic acids is 1. The van der Waals surface area contributed by atoms with Crippen molar-refractivity contribution in [2.75, 3.05) is 7.11 Å². The Kier molecular flexibility index (Phi) is 9.49. The number of aliphatic carboxylic acids is 1. The molecular formula is C13H24O4. The molecule has 0 aromatic rings. The molecule has 0 amide bonds. The van der Waals surface area contributed by atoms with Crippen LogP contribution in [0.5, 0.6) is 0 Å². The summed E-state index contributed by atoms with van der Waals surface area (Å²) >= 11 is 0. The van der Waals surface area contributed by atoms with Gasteiger partial charge in [0.25, 0.3) is 0 Å². The molecule has 0 aliphatic rings. The fourth-order valence-electron chi connectivity index (χ4n) is 1.77. The molecule has 100 valence electrons. The van der Waals surface area contributed by atoms with Gasteiger partial charge in [0, 0.05) is 0 Å². The topological polar surface area (TPSA) is 63.6 Å². The molecule has 0 aliphatic carbocycles. The van der Waals surface area contributed by atoms with E-state index in [-0.39, 0.29) is 6.42 Å². The predicted molar refractivity (Wildman–Crippen MR) is 65.8 cm³/mol. The van der Waals surface area contributed by atoms with Crippen LogP contribution in [0.2, 0.25) is 0 Å². The molecule has 1 N–H and O–H groups in total. The molecule has 0 radical (unpaired) electrons. The van der Waals surface area contributed by atoms with Gasteiger partial charge >= 0.3 is 11.9 Å². The number of hydrogen-bond donors (Lipinski definition) is 1. The number of rotatable bonds is 10. The molecule has 0 saturated carbocycles. The van der Waals surface area contributed by atoms with Crippen molar-refractivity contribution in [2.24, 2.45) is 5.92 Å². The van der Waals surface area contributed by atoms with Gasteiger partial charge in [-0.05, 0) is 6.42 Å². The minimum absolute atomic E-state index is 0.0131. The molecular weight excluding hydrogens is 220 g/mol. The number of ether oxygens (including phenoxy) is 1. The lowest BCUT2D eigenvalue weighted by Gasteiger charge is -2.10. The van der Waals surface area contributed by atoms with E-state index in [0.717, 1.165) is 19.3 Å². The molecule has 1 unspecified atom stereocenters. The number of methoxy groups -OCH3 is 1. The van der Waals surface area contributed by atoms with E-state index >= 15 is 0 Å². The quantitative estimate of drug-likeness (QED) is 0.474. The van der Waals surface area contributed by atoms with Crippen LogP contribution >= 0.6 is 0 Å². The third-order valence-electron chi connectivity index (χ3n) is 2.90. The fourth-order valence-corrected chi connectivity index (χ4v) is 1.77. The Hall–Kier alpha value is -1.06. The second-order valence-corrected chi connectivity index (χ2v) is 4.37. The molecule has 0 saturated heterocycles. The lowest BCUT2D eigenvalue weighted by atomic mass is 9.97. The average molecular weight is 244 g/mol. The molecule has 0 aliphatic heterocycles. The summed E-state index contributed by atoms with van der Waals surface area (Å²) in [5.41, 5.74) is 0. The summed E-state index contributed by atoms with van der Waals surface area (Å²) in [4.78, 5) is 21.9. The molecule has 0 rings (SSSR count).